The van der Waals surface area contributed by atoms with Gasteiger partial charge in [-0.25, -0.2) is 22.8 Å². The average molecular weight is 443 g/mol. The van der Waals surface area contributed by atoms with Crippen LogP contribution in [0.5, 0.6) is 5.75 Å². The van der Waals surface area contributed by atoms with Gasteiger partial charge in [0, 0.05) is 23.4 Å². The van der Waals surface area contributed by atoms with Crippen LogP contribution in [0.15, 0.2) is 61.4 Å². The van der Waals surface area contributed by atoms with Crippen molar-refractivity contribution in [2.24, 2.45) is 0 Å². The number of aromatic nitrogens is 5. The smallest absolute Gasteiger partial charge is 0.165 e. The molecule has 0 aliphatic rings. The molecule has 4 aromatic rings. The monoisotopic (exact) mass is 443 g/mol. The third-order valence-corrected chi connectivity index (χ3v) is 5.44. The molecule has 0 fully saturated rings. The van der Waals surface area contributed by atoms with Gasteiger partial charge in [0.1, 0.15) is 29.9 Å². The Kier molecular flexibility index (Phi) is 5.70. The van der Waals surface area contributed by atoms with Crippen molar-refractivity contribution >= 4 is 0 Å². The molecule has 32 heavy (non-hydrogen) atoms. The van der Waals surface area contributed by atoms with E-state index in [1.54, 1.807) is 25.4 Å². The first kappa shape index (κ1) is 21.6. The molecule has 1 N–H and O–H groups in total. The molecule has 166 valence electrons. The topological polar surface area (TPSA) is 78.0 Å². The molecule has 0 bridgehead atoms. The normalized spacial score (nSPS) is 14.2. The zero-order chi connectivity index (χ0) is 22.9. The van der Waals surface area contributed by atoms with E-state index in [0.717, 1.165) is 6.07 Å². The van der Waals surface area contributed by atoms with Crippen molar-refractivity contribution in [3.8, 4) is 16.9 Å². The molecule has 0 aliphatic heterocycles. The Balaban J connectivity index is 1.74. The van der Waals surface area contributed by atoms with Gasteiger partial charge < -0.3 is 9.84 Å². The lowest BCUT2D eigenvalue weighted by Gasteiger charge is -2.34. The van der Waals surface area contributed by atoms with E-state index in [-0.39, 0.29) is 17.9 Å². The van der Waals surface area contributed by atoms with E-state index >= 15 is 0 Å². The maximum absolute atomic E-state index is 14.7. The summed E-state index contributed by atoms with van der Waals surface area (Å²) in [7, 11) is 1.37. The van der Waals surface area contributed by atoms with Gasteiger partial charge in [-0.3, -0.25) is 4.68 Å². The van der Waals surface area contributed by atoms with Gasteiger partial charge in [-0.1, -0.05) is 12.1 Å². The Hall–Kier alpha value is -3.66. The van der Waals surface area contributed by atoms with Crippen LogP contribution < -0.4 is 4.74 Å². The Morgan fingerprint density at radius 3 is 2.56 bits per heavy atom. The molecule has 7 nitrogen and oxygen atoms in total. The molecule has 0 unspecified atom stereocenters. The van der Waals surface area contributed by atoms with Crippen molar-refractivity contribution in [1.29, 1.82) is 0 Å². The fourth-order valence-electron chi connectivity index (χ4n) is 3.60. The summed E-state index contributed by atoms with van der Waals surface area (Å²) in [6.45, 7) is 1.50. The minimum absolute atomic E-state index is 0.0827. The first-order valence-electron chi connectivity index (χ1n) is 9.70. The number of halogens is 3. The van der Waals surface area contributed by atoms with E-state index in [9.17, 15) is 18.3 Å². The third kappa shape index (κ3) is 3.96. The number of hydrogen-bond donors (Lipinski definition) is 1. The van der Waals surface area contributed by atoms with E-state index in [1.165, 1.54) is 47.3 Å². The summed E-state index contributed by atoms with van der Waals surface area (Å²) < 4.78 is 49.8. The summed E-state index contributed by atoms with van der Waals surface area (Å²) in [5.41, 5.74) is -0.676. The molecule has 10 heteroatoms. The number of benzene rings is 2. The van der Waals surface area contributed by atoms with Crippen LogP contribution in [-0.4, -0.2) is 36.8 Å². The van der Waals surface area contributed by atoms with Gasteiger partial charge >= 0.3 is 0 Å². The van der Waals surface area contributed by atoms with Crippen molar-refractivity contribution in [2.75, 3.05) is 7.11 Å². The summed E-state index contributed by atoms with van der Waals surface area (Å²) >= 11 is 0. The van der Waals surface area contributed by atoms with Crippen LogP contribution in [0.1, 0.15) is 18.5 Å². The van der Waals surface area contributed by atoms with E-state index < -0.39 is 29.1 Å². The van der Waals surface area contributed by atoms with E-state index in [2.05, 4.69) is 15.2 Å². The van der Waals surface area contributed by atoms with Crippen molar-refractivity contribution in [1.82, 2.24) is 24.5 Å². The van der Waals surface area contributed by atoms with Crippen LogP contribution >= 0.6 is 0 Å². The second kappa shape index (κ2) is 8.46. The van der Waals surface area contributed by atoms with Crippen LogP contribution in [0.25, 0.3) is 11.1 Å². The van der Waals surface area contributed by atoms with Crippen LogP contribution in [-0.2, 0) is 12.1 Å². The van der Waals surface area contributed by atoms with Gasteiger partial charge in [-0.2, -0.15) is 10.2 Å². The first-order chi connectivity index (χ1) is 15.3. The summed E-state index contributed by atoms with van der Waals surface area (Å²) in [6, 6.07) is 6.58. The molecule has 2 aromatic carbocycles. The molecule has 2 aromatic heterocycles. The molecular weight excluding hydrogens is 423 g/mol. The Morgan fingerprint density at radius 2 is 1.88 bits per heavy atom. The zero-order valence-electron chi connectivity index (χ0n) is 17.3. The van der Waals surface area contributed by atoms with Crippen molar-refractivity contribution in [2.45, 2.75) is 25.1 Å². The van der Waals surface area contributed by atoms with Gasteiger partial charge in [0.15, 0.2) is 11.6 Å². The van der Waals surface area contributed by atoms with Gasteiger partial charge in [0.25, 0.3) is 0 Å². The number of ether oxygens (including phenoxy) is 1. The lowest BCUT2D eigenvalue weighted by atomic mass is 9.86. The van der Waals surface area contributed by atoms with Crippen molar-refractivity contribution in [3.05, 3.63) is 84.5 Å². The zero-order valence-corrected chi connectivity index (χ0v) is 17.3. The molecule has 0 amide bonds. The highest BCUT2D eigenvalue weighted by molar-refractivity contribution is 5.63. The predicted molar refractivity (Wildman–Crippen MR) is 109 cm³/mol. The molecule has 0 spiro atoms. The molecule has 0 aliphatic carbocycles. The maximum atomic E-state index is 14.7. The summed E-state index contributed by atoms with van der Waals surface area (Å²) in [6.07, 6.45) is 5.86. The van der Waals surface area contributed by atoms with Crippen molar-refractivity contribution < 1.29 is 23.0 Å². The number of hydrogen-bond acceptors (Lipinski definition) is 5. The van der Waals surface area contributed by atoms with E-state index in [4.69, 9.17) is 4.74 Å². The predicted octanol–water partition coefficient (Wildman–Crippen LogP) is 3.72. The highest BCUT2D eigenvalue weighted by Crippen LogP contribution is 2.37. The van der Waals surface area contributed by atoms with E-state index in [0.29, 0.717) is 17.2 Å². The summed E-state index contributed by atoms with van der Waals surface area (Å²) in [5, 5.41) is 20.0. The Bertz CT molecular complexity index is 1230. The maximum Gasteiger partial charge on any atom is 0.165 e. The van der Waals surface area contributed by atoms with Gasteiger partial charge in [-0.15, -0.1) is 0 Å². The second-order valence-corrected chi connectivity index (χ2v) is 7.38. The van der Waals surface area contributed by atoms with Crippen molar-refractivity contribution in [3.63, 3.8) is 0 Å². The second-order valence-electron chi connectivity index (χ2n) is 7.38. The molecule has 2 atom stereocenters. The summed E-state index contributed by atoms with van der Waals surface area (Å²) in [5.74, 6) is -2.06. The number of nitrogens with zero attached hydrogens (tertiary/aromatic N) is 5. The number of aliphatic hydroxyl groups is 1. The Labute approximate surface area is 181 Å². The first-order valence-corrected chi connectivity index (χ1v) is 9.70. The number of methoxy groups -OCH3 is 1. The lowest BCUT2D eigenvalue weighted by Crippen LogP contribution is -2.40. The minimum Gasteiger partial charge on any atom is -0.494 e. The molecule has 4 rings (SSSR count). The van der Waals surface area contributed by atoms with Gasteiger partial charge in [-0.05, 0) is 30.7 Å². The van der Waals surface area contributed by atoms with Crippen LogP contribution in [0.4, 0.5) is 13.2 Å². The largest absolute Gasteiger partial charge is 0.494 e. The average Bonchev–Trinajstić information content (AvgIpc) is 3.45. The standard InChI is InChI=1S/C22H20F3N5O2/c1-14(30-10-16(9-27-30)15-3-6-19(24)21(7-15)32-2)22(31,11-29-13-26-12-28-29)18-5-4-17(23)8-20(18)25/h3-10,12-14,31H,11H2,1-2H3/t14-,22-/m1/s1. The molecule has 0 saturated heterocycles. The van der Waals surface area contributed by atoms with Crippen LogP contribution in [0.3, 0.4) is 0 Å². The fourth-order valence-corrected chi connectivity index (χ4v) is 3.60. The molecular formula is C22H20F3N5O2. The molecule has 0 saturated carbocycles. The number of rotatable bonds is 7. The quantitative estimate of drug-likeness (QED) is 0.471. The Morgan fingerprint density at radius 1 is 1.06 bits per heavy atom. The van der Waals surface area contributed by atoms with Crippen LogP contribution in [0, 0.1) is 17.5 Å². The van der Waals surface area contributed by atoms with Gasteiger partial charge in [0.2, 0.25) is 0 Å². The summed E-state index contributed by atoms with van der Waals surface area (Å²) in [4.78, 5) is 3.86. The highest BCUT2D eigenvalue weighted by Gasteiger charge is 2.40. The molecule has 0 radical (unpaired) electrons. The highest BCUT2D eigenvalue weighted by atomic mass is 19.1. The van der Waals surface area contributed by atoms with Crippen LogP contribution in [0.2, 0.25) is 0 Å². The van der Waals surface area contributed by atoms with E-state index in [1.807, 2.05) is 0 Å². The van der Waals surface area contributed by atoms with Gasteiger partial charge in [0.05, 0.1) is 25.9 Å². The fraction of sp³-hybridized carbons (Fsp3) is 0.227. The molecule has 2 heterocycles. The minimum atomic E-state index is -1.85. The third-order valence-electron chi connectivity index (χ3n) is 5.44. The SMILES string of the molecule is COc1cc(-c2cnn([C@H](C)[C@](O)(Cn3cncn3)c3ccc(F)cc3F)c2)ccc1F. The lowest BCUT2D eigenvalue weighted by molar-refractivity contribution is -0.0368.